The van der Waals surface area contributed by atoms with Crippen LogP contribution in [0, 0.1) is 6.92 Å². The minimum absolute atomic E-state index is 0.0885. The van der Waals surface area contributed by atoms with E-state index in [9.17, 15) is 8.78 Å². The third-order valence-corrected chi connectivity index (χ3v) is 1.33. The first-order chi connectivity index (χ1) is 6.70. The van der Waals surface area contributed by atoms with E-state index in [1.54, 1.807) is 12.1 Å². The largest absolute Gasteiger partial charge is 0.263 e. The van der Waals surface area contributed by atoms with Crippen LogP contribution in [0.25, 0.3) is 0 Å². The molecular formula is C12H18F2. The van der Waals surface area contributed by atoms with Gasteiger partial charge in [-0.3, -0.25) is 0 Å². The van der Waals surface area contributed by atoms with Gasteiger partial charge in [-0.25, -0.2) is 8.78 Å². The average Bonchev–Trinajstić information content (AvgIpc) is 2.24. The molecule has 0 atom stereocenters. The summed E-state index contributed by atoms with van der Waals surface area (Å²) < 4.78 is 23.8. The summed E-state index contributed by atoms with van der Waals surface area (Å²) in [4.78, 5) is 0. The van der Waals surface area contributed by atoms with Crippen molar-refractivity contribution in [2.75, 3.05) is 0 Å². The molecular weight excluding hydrogens is 182 g/mol. The fourth-order valence-electron chi connectivity index (χ4n) is 0.712. The molecule has 0 radical (unpaired) electrons. The summed E-state index contributed by atoms with van der Waals surface area (Å²) in [5.41, 5.74) is 1.09. The van der Waals surface area contributed by atoms with Crippen LogP contribution in [0.4, 0.5) is 8.78 Å². The second kappa shape index (κ2) is 9.90. The standard InChI is InChI=1S/C8H8F2.C2H6.C2H4/c1-6-2-4-7(5-3-6)8(9)10;2*1-2/h2-5,8H,1H3;1-2H3;1-2H2. The number of alkyl halides is 2. The Bertz CT molecular complexity index is 214. The number of hydrogen-bond acceptors (Lipinski definition) is 0. The maximum absolute atomic E-state index is 11.9. The average molecular weight is 200 g/mol. The Morgan fingerprint density at radius 1 is 1.00 bits per heavy atom. The molecule has 0 aromatic heterocycles. The van der Waals surface area contributed by atoms with Crippen molar-refractivity contribution in [3.63, 3.8) is 0 Å². The highest BCUT2D eigenvalue weighted by Crippen LogP contribution is 2.17. The van der Waals surface area contributed by atoms with Crippen LogP contribution in [0.3, 0.4) is 0 Å². The SMILES string of the molecule is C=C.CC.Cc1ccc(C(F)F)cc1. The molecule has 0 aliphatic rings. The van der Waals surface area contributed by atoms with Crippen LogP contribution < -0.4 is 0 Å². The van der Waals surface area contributed by atoms with Crippen molar-refractivity contribution >= 4 is 0 Å². The first-order valence-electron chi connectivity index (χ1n) is 4.55. The van der Waals surface area contributed by atoms with E-state index in [1.165, 1.54) is 12.1 Å². The molecule has 0 fully saturated rings. The summed E-state index contributed by atoms with van der Waals surface area (Å²) in [5.74, 6) is 0. The third kappa shape index (κ3) is 6.35. The van der Waals surface area contributed by atoms with E-state index in [0.717, 1.165) is 5.56 Å². The van der Waals surface area contributed by atoms with Crippen molar-refractivity contribution in [1.82, 2.24) is 0 Å². The minimum atomic E-state index is -2.35. The molecule has 1 aromatic carbocycles. The van der Waals surface area contributed by atoms with Crippen LogP contribution in [0.5, 0.6) is 0 Å². The van der Waals surface area contributed by atoms with Gasteiger partial charge in [-0.05, 0) is 6.92 Å². The molecule has 80 valence electrons. The van der Waals surface area contributed by atoms with E-state index in [-0.39, 0.29) is 5.56 Å². The lowest BCUT2D eigenvalue weighted by Gasteiger charge is -1.97. The molecule has 0 N–H and O–H groups in total. The van der Waals surface area contributed by atoms with E-state index in [1.807, 2.05) is 20.8 Å². The fourth-order valence-corrected chi connectivity index (χ4v) is 0.712. The lowest BCUT2D eigenvalue weighted by molar-refractivity contribution is 0.151. The smallest absolute Gasteiger partial charge is 0.205 e. The number of rotatable bonds is 1. The maximum Gasteiger partial charge on any atom is 0.263 e. The van der Waals surface area contributed by atoms with E-state index in [2.05, 4.69) is 13.2 Å². The van der Waals surface area contributed by atoms with Crippen molar-refractivity contribution in [3.05, 3.63) is 48.6 Å². The molecule has 1 rings (SSSR count). The molecule has 0 aliphatic carbocycles. The van der Waals surface area contributed by atoms with E-state index in [4.69, 9.17) is 0 Å². The van der Waals surface area contributed by atoms with Crippen LogP contribution in [0.2, 0.25) is 0 Å². The zero-order valence-corrected chi connectivity index (χ0v) is 9.06. The van der Waals surface area contributed by atoms with E-state index in [0.29, 0.717) is 0 Å². The normalized spacial score (nSPS) is 8.14. The van der Waals surface area contributed by atoms with E-state index < -0.39 is 6.43 Å². The predicted molar refractivity (Wildman–Crippen MR) is 58.7 cm³/mol. The first kappa shape index (κ1) is 15.3. The summed E-state index contributed by atoms with van der Waals surface area (Å²) in [6, 6.07) is 6.25. The Labute approximate surface area is 85.3 Å². The monoisotopic (exact) mass is 200 g/mol. The number of hydrogen-bond donors (Lipinski definition) is 0. The lowest BCUT2D eigenvalue weighted by atomic mass is 10.2. The summed E-state index contributed by atoms with van der Waals surface area (Å²) in [7, 11) is 0. The highest BCUT2D eigenvalue weighted by molar-refractivity contribution is 5.21. The second-order valence-corrected chi connectivity index (χ2v) is 2.21. The molecule has 0 saturated heterocycles. The molecule has 0 amide bonds. The van der Waals surface area contributed by atoms with Gasteiger partial charge in [0.2, 0.25) is 0 Å². The minimum Gasteiger partial charge on any atom is -0.205 e. The van der Waals surface area contributed by atoms with Crippen molar-refractivity contribution < 1.29 is 8.78 Å². The molecule has 2 heteroatoms. The Balaban J connectivity index is 0. The van der Waals surface area contributed by atoms with Gasteiger partial charge in [-0.1, -0.05) is 43.7 Å². The van der Waals surface area contributed by atoms with Crippen molar-refractivity contribution in [2.45, 2.75) is 27.2 Å². The van der Waals surface area contributed by atoms with Gasteiger partial charge in [0.05, 0.1) is 0 Å². The topological polar surface area (TPSA) is 0 Å². The predicted octanol–water partition coefficient (Wildman–Crippen LogP) is 4.76. The van der Waals surface area contributed by atoms with Gasteiger partial charge in [0.25, 0.3) is 6.43 Å². The zero-order chi connectivity index (χ0) is 11.6. The fraction of sp³-hybridized carbons (Fsp3) is 0.333. The molecule has 0 bridgehead atoms. The maximum atomic E-state index is 11.9. The molecule has 0 saturated carbocycles. The Hall–Kier alpha value is -1.18. The van der Waals surface area contributed by atoms with Gasteiger partial charge < -0.3 is 0 Å². The first-order valence-corrected chi connectivity index (χ1v) is 4.55. The molecule has 0 spiro atoms. The summed E-state index contributed by atoms with van der Waals surface area (Å²) >= 11 is 0. The van der Waals surface area contributed by atoms with Crippen LogP contribution in [0.15, 0.2) is 37.4 Å². The quantitative estimate of drug-likeness (QED) is 0.573. The van der Waals surface area contributed by atoms with Crippen LogP contribution >= 0.6 is 0 Å². The highest BCUT2D eigenvalue weighted by atomic mass is 19.3. The van der Waals surface area contributed by atoms with Gasteiger partial charge in [0.1, 0.15) is 0 Å². The van der Waals surface area contributed by atoms with Gasteiger partial charge in [-0.15, -0.1) is 13.2 Å². The molecule has 1 aromatic rings. The van der Waals surface area contributed by atoms with Gasteiger partial charge in [-0.2, -0.15) is 0 Å². The van der Waals surface area contributed by atoms with Crippen molar-refractivity contribution in [2.24, 2.45) is 0 Å². The molecule has 14 heavy (non-hydrogen) atoms. The Kier molecular flexibility index (Phi) is 10.8. The molecule has 0 nitrogen and oxygen atoms in total. The summed E-state index contributed by atoms with van der Waals surface area (Å²) in [6.07, 6.45) is -2.35. The molecule has 0 aliphatic heterocycles. The second-order valence-electron chi connectivity index (χ2n) is 2.21. The van der Waals surface area contributed by atoms with Crippen LogP contribution in [-0.4, -0.2) is 0 Å². The molecule has 0 unspecified atom stereocenters. The highest BCUT2D eigenvalue weighted by Gasteiger charge is 2.03. The number of halogens is 2. The zero-order valence-electron chi connectivity index (χ0n) is 9.06. The van der Waals surface area contributed by atoms with Gasteiger partial charge in [0, 0.05) is 5.56 Å². The van der Waals surface area contributed by atoms with E-state index >= 15 is 0 Å². The third-order valence-electron chi connectivity index (χ3n) is 1.33. The Morgan fingerprint density at radius 2 is 1.36 bits per heavy atom. The summed E-state index contributed by atoms with van der Waals surface area (Å²) in [5, 5.41) is 0. The Morgan fingerprint density at radius 3 is 1.64 bits per heavy atom. The van der Waals surface area contributed by atoms with Crippen molar-refractivity contribution in [1.29, 1.82) is 0 Å². The summed E-state index contributed by atoms with van der Waals surface area (Å²) in [6.45, 7) is 11.9. The van der Waals surface area contributed by atoms with Crippen LogP contribution in [0.1, 0.15) is 31.4 Å². The molecule has 0 heterocycles. The van der Waals surface area contributed by atoms with Crippen molar-refractivity contribution in [3.8, 4) is 0 Å². The lowest BCUT2D eigenvalue weighted by Crippen LogP contribution is -1.82. The van der Waals surface area contributed by atoms with Gasteiger partial charge >= 0.3 is 0 Å². The number of aryl methyl sites for hydroxylation is 1. The number of benzene rings is 1. The van der Waals surface area contributed by atoms with Gasteiger partial charge in [0.15, 0.2) is 0 Å². The van der Waals surface area contributed by atoms with Crippen LogP contribution in [-0.2, 0) is 0 Å².